The lowest BCUT2D eigenvalue weighted by atomic mass is 9.52. The van der Waals surface area contributed by atoms with Gasteiger partial charge in [-0.3, -0.25) is 0 Å². The van der Waals surface area contributed by atoms with E-state index in [0.717, 1.165) is 12.8 Å². The summed E-state index contributed by atoms with van der Waals surface area (Å²) in [5.74, 6) is 1.75. The number of rotatable bonds is 2. The average molecular weight is 389 g/mol. The highest BCUT2D eigenvalue weighted by Gasteiger charge is 2.53. The molecule has 5 rings (SSSR count). The Bertz CT molecular complexity index is 906. The molecule has 4 atom stereocenters. The summed E-state index contributed by atoms with van der Waals surface area (Å²) in [6, 6.07) is 9.40. The molecule has 152 valence electrons. The maximum absolute atomic E-state index is 12.6. The molecule has 1 aromatic rings. The normalized spacial score (nSPS) is 37.1. The van der Waals surface area contributed by atoms with Gasteiger partial charge in [0.15, 0.2) is 0 Å². The summed E-state index contributed by atoms with van der Waals surface area (Å²) in [5, 5.41) is 0. The first kappa shape index (κ1) is 18.9. The molecule has 29 heavy (non-hydrogen) atoms. The maximum Gasteiger partial charge on any atom is 0.336 e. The van der Waals surface area contributed by atoms with Crippen molar-refractivity contribution in [2.45, 2.75) is 65.2 Å². The Morgan fingerprint density at radius 3 is 2.76 bits per heavy atom. The summed E-state index contributed by atoms with van der Waals surface area (Å²) < 4.78 is 5.56. The zero-order valence-corrected chi connectivity index (χ0v) is 17.7. The zero-order valence-electron chi connectivity index (χ0n) is 17.7. The van der Waals surface area contributed by atoms with Gasteiger partial charge in [0.1, 0.15) is 5.75 Å². The molecule has 0 radical (unpaired) electrons. The molecule has 0 aliphatic heterocycles. The highest BCUT2D eigenvalue weighted by molar-refractivity contribution is 5.85. The Kier molecular flexibility index (Phi) is 4.57. The van der Waals surface area contributed by atoms with Crippen molar-refractivity contribution < 1.29 is 9.53 Å². The third-order valence-corrected chi connectivity index (χ3v) is 8.50. The van der Waals surface area contributed by atoms with Gasteiger partial charge in [-0.2, -0.15) is 0 Å². The van der Waals surface area contributed by atoms with E-state index in [1.807, 2.05) is 36.4 Å². The fourth-order valence-corrected chi connectivity index (χ4v) is 6.91. The van der Waals surface area contributed by atoms with Gasteiger partial charge in [-0.15, -0.1) is 0 Å². The van der Waals surface area contributed by atoms with Crippen LogP contribution in [0.15, 0.2) is 65.3 Å². The molecule has 2 nitrogen and oxygen atoms in total. The monoisotopic (exact) mass is 388 g/mol. The lowest BCUT2D eigenvalue weighted by molar-refractivity contribution is -0.129. The Labute approximate surface area is 174 Å². The Morgan fingerprint density at radius 1 is 1.10 bits per heavy atom. The van der Waals surface area contributed by atoms with Gasteiger partial charge < -0.3 is 4.74 Å². The van der Waals surface area contributed by atoms with Crippen LogP contribution in [0.1, 0.15) is 65.2 Å². The molecule has 0 unspecified atom stereocenters. The second-order valence-electron chi connectivity index (χ2n) is 9.93. The van der Waals surface area contributed by atoms with Crippen LogP contribution in [-0.4, -0.2) is 5.97 Å². The third kappa shape index (κ3) is 3.03. The topological polar surface area (TPSA) is 26.3 Å². The minimum Gasteiger partial charge on any atom is -0.423 e. The van der Waals surface area contributed by atoms with Crippen molar-refractivity contribution in [3.05, 3.63) is 65.3 Å². The van der Waals surface area contributed by atoms with Gasteiger partial charge in [-0.25, -0.2) is 4.79 Å². The first-order valence-electron chi connectivity index (χ1n) is 11.4. The fourth-order valence-electron chi connectivity index (χ4n) is 6.91. The van der Waals surface area contributed by atoms with E-state index >= 15 is 0 Å². The summed E-state index contributed by atoms with van der Waals surface area (Å²) in [4.78, 5) is 12.6. The summed E-state index contributed by atoms with van der Waals surface area (Å²) in [7, 11) is 0. The molecule has 0 amide bonds. The third-order valence-electron chi connectivity index (χ3n) is 8.50. The van der Waals surface area contributed by atoms with Crippen LogP contribution in [0.25, 0.3) is 0 Å². The van der Waals surface area contributed by atoms with E-state index < -0.39 is 0 Å². The van der Waals surface area contributed by atoms with Crippen molar-refractivity contribution in [3.63, 3.8) is 0 Å². The van der Waals surface area contributed by atoms with Crippen LogP contribution in [0.5, 0.6) is 5.75 Å². The van der Waals surface area contributed by atoms with E-state index in [-0.39, 0.29) is 11.4 Å². The van der Waals surface area contributed by atoms with Crippen LogP contribution in [-0.2, 0) is 4.79 Å². The molecule has 4 aliphatic carbocycles. The van der Waals surface area contributed by atoms with Gasteiger partial charge in [0.2, 0.25) is 0 Å². The van der Waals surface area contributed by atoms with Gasteiger partial charge >= 0.3 is 5.97 Å². The number of esters is 1. The second kappa shape index (κ2) is 7.00. The summed E-state index contributed by atoms with van der Waals surface area (Å²) in [6.07, 6.45) is 16.7. The molecule has 2 heteroatoms. The van der Waals surface area contributed by atoms with Crippen molar-refractivity contribution in [2.75, 3.05) is 0 Å². The van der Waals surface area contributed by atoms with Gasteiger partial charge in [0, 0.05) is 11.5 Å². The van der Waals surface area contributed by atoms with E-state index in [2.05, 4.69) is 26.0 Å². The van der Waals surface area contributed by atoms with Crippen LogP contribution in [0.3, 0.4) is 0 Å². The SMILES string of the molecule is C[C@]12CCCC=C1CC[C@@H]1C2=CC[C@]2(C)C(=CC(=O)Oc3ccccc3)CC[C@@H]12. The first-order chi connectivity index (χ1) is 14.0. The molecule has 0 spiro atoms. The van der Waals surface area contributed by atoms with Gasteiger partial charge in [-0.1, -0.05) is 60.9 Å². The molecule has 1 aromatic carbocycles. The number of carbonyl (C=O) groups excluding carboxylic acids is 1. The molecule has 4 aliphatic rings. The predicted molar refractivity (Wildman–Crippen MR) is 116 cm³/mol. The van der Waals surface area contributed by atoms with Crippen molar-refractivity contribution in [3.8, 4) is 5.75 Å². The van der Waals surface area contributed by atoms with E-state index in [9.17, 15) is 4.79 Å². The maximum atomic E-state index is 12.6. The van der Waals surface area contributed by atoms with Crippen LogP contribution in [0, 0.1) is 22.7 Å². The van der Waals surface area contributed by atoms with Crippen molar-refractivity contribution in [1.82, 2.24) is 0 Å². The molecule has 0 N–H and O–H groups in total. The summed E-state index contributed by atoms with van der Waals surface area (Å²) in [5.41, 5.74) is 5.14. The van der Waals surface area contributed by atoms with E-state index in [0.29, 0.717) is 23.0 Å². The van der Waals surface area contributed by atoms with Crippen LogP contribution in [0.2, 0.25) is 0 Å². The molecule has 0 bridgehead atoms. The quantitative estimate of drug-likeness (QED) is 0.241. The second-order valence-corrected chi connectivity index (χ2v) is 9.93. The fraction of sp³-hybridized carbons (Fsp3) is 0.519. The van der Waals surface area contributed by atoms with E-state index in [1.54, 1.807) is 11.1 Å². The molecule has 0 saturated heterocycles. The minimum absolute atomic E-state index is 0.107. The van der Waals surface area contributed by atoms with Crippen molar-refractivity contribution >= 4 is 5.97 Å². The Balaban J connectivity index is 1.41. The number of hydrogen-bond acceptors (Lipinski definition) is 2. The highest BCUT2D eigenvalue weighted by Crippen LogP contribution is 2.64. The predicted octanol–water partition coefficient (Wildman–Crippen LogP) is 6.79. The average Bonchev–Trinajstić information content (AvgIpc) is 3.04. The molecular formula is C27H32O2. The number of fused-ring (bicyclic) bond motifs is 5. The van der Waals surface area contributed by atoms with Gasteiger partial charge in [0.05, 0.1) is 0 Å². The number of para-hydroxylation sites is 1. The lowest BCUT2D eigenvalue weighted by Crippen LogP contribution is -2.42. The molecule has 0 aromatic heterocycles. The van der Waals surface area contributed by atoms with Gasteiger partial charge in [0.25, 0.3) is 0 Å². The van der Waals surface area contributed by atoms with Crippen molar-refractivity contribution in [1.29, 1.82) is 0 Å². The van der Waals surface area contributed by atoms with E-state index in [1.165, 1.54) is 44.1 Å². The highest BCUT2D eigenvalue weighted by atomic mass is 16.5. The minimum atomic E-state index is -0.226. The molecular weight excluding hydrogens is 356 g/mol. The Morgan fingerprint density at radius 2 is 1.93 bits per heavy atom. The van der Waals surface area contributed by atoms with Crippen LogP contribution in [0.4, 0.5) is 0 Å². The number of ether oxygens (including phenoxy) is 1. The summed E-state index contributed by atoms with van der Waals surface area (Å²) in [6.45, 7) is 4.90. The molecule has 2 fully saturated rings. The van der Waals surface area contributed by atoms with E-state index in [4.69, 9.17) is 4.74 Å². The first-order valence-corrected chi connectivity index (χ1v) is 11.4. The largest absolute Gasteiger partial charge is 0.423 e. The smallest absolute Gasteiger partial charge is 0.336 e. The zero-order chi connectivity index (χ0) is 20.1. The molecule has 0 heterocycles. The van der Waals surface area contributed by atoms with Gasteiger partial charge in [-0.05, 0) is 80.8 Å². The van der Waals surface area contributed by atoms with Crippen LogP contribution < -0.4 is 4.74 Å². The molecule has 2 saturated carbocycles. The number of allylic oxidation sites excluding steroid dienone is 5. The van der Waals surface area contributed by atoms with Crippen molar-refractivity contribution in [2.24, 2.45) is 22.7 Å². The Hall–Kier alpha value is -2.09. The number of hydrogen-bond donors (Lipinski definition) is 0. The standard InChI is InChI=1S/C27H32O2/c1-26-16-7-6-8-19(26)11-13-22-23-14-12-20(27(23,2)17-15-24(22)26)18-25(28)29-21-9-4-3-5-10-21/h3-5,8-10,15,18,22-23H,6-7,11-14,16-17H2,1-2H3/t22-,23-,26-,27+/m0/s1. The van der Waals surface area contributed by atoms with Crippen LogP contribution >= 0.6 is 0 Å². The number of carbonyl (C=O) groups is 1. The summed E-state index contributed by atoms with van der Waals surface area (Å²) >= 11 is 0. The lowest BCUT2D eigenvalue weighted by Gasteiger charge is -2.53. The number of benzene rings is 1.